The summed E-state index contributed by atoms with van der Waals surface area (Å²) in [6.07, 6.45) is 16.5. The van der Waals surface area contributed by atoms with Crippen LogP contribution in [0, 0.1) is 12.8 Å². The third kappa shape index (κ3) is 18.3. The summed E-state index contributed by atoms with van der Waals surface area (Å²) in [5, 5.41) is 11.9. The maximum atomic E-state index is 13.9. The van der Waals surface area contributed by atoms with E-state index < -0.39 is 11.8 Å². The Kier molecular flexibility index (Phi) is 28.4. The zero-order valence-electron chi connectivity index (χ0n) is 24.8. The minimum atomic E-state index is -0.880. The molecule has 6 nitrogen and oxygen atoms in total. The van der Waals surface area contributed by atoms with Crippen molar-refractivity contribution in [2.45, 2.75) is 47.5 Å². The first-order valence-corrected chi connectivity index (χ1v) is 13.0. The van der Waals surface area contributed by atoms with Crippen molar-refractivity contribution in [2.24, 2.45) is 0 Å². The molecule has 0 aliphatic rings. The van der Waals surface area contributed by atoms with Gasteiger partial charge >= 0.3 is 5.97 Å². The summed E-state index contributed by atoms with van der Waals surface area (Å²) in [5.41, 5.74) is 2.17. The van der Waals surface area contributed by atoms with Gasteiger partial charge in [0.25, 0.3) is 0 Å². The molecule has 40 heavy (non-hydrogen) atoms. The summed E-state index contributed by atoms with van der Waals surface area (Å²) < 4.78 is 31.7. The van der Waals surface area contributed by atoms with E-state index in [1.165, 1.54) is 13.0 Å². The van der Waals surface area contributed by atoms with Crippen LogP contribution in [0.5, 0.6) is 0 Å². The summed E-state index contributed by atoms with van der Waals surface area (Å²) in [6.45, 7) is 16.0. The van der Waals surface area contributed by atoms with Crippen LogP contribution < -0.4 is 10.2 Å². The van der Waals surface area contributed by atoms with Gasteiger partial charge in [0.15, 0.2) is 0 Å². The van der Waals surface area contributed by atoms with Crippen LogP contribution in [-0.2, 0) is 9.53 Å². The molecule has 0 saturated heterocycles. The van der Waals surface area contributed by atoms with Crippen LogP contribution >= 0.6 is 0 Å². The minimum Gasteiger partial charge on any atom is -0.494 e. The standard InChI is InChI=1S/C17H25F2NO.C11H15NO2.C2H4O.C2H2/c1-5-14(16(19)11-12-18)15(6-2)17(21-8-4)10-9-13-20-7-3;1-3-8-12(2)10-6-4-9(5-7-10)11(13)14;1-2-3;1-2/h5-6,10-12,20H,1,7-9,13H2,2-4H3;4-7H,3,8H2,1-2H3,(H,13,14);2H,1H3;1-2H/b12-11+,15-6-,16-14-,17-10+;;;. The number of carbonyl (C=O) groups excluding carboxylic acids is 1. The van der Waals surface area contributed by atoms with E-state index in [2.05, 4.69) is 36.6 Å². The lowest BCUT2D eigenvalue weighted by Crippen LogP contribution is -2.17. The fourth-order valence-electron chi connectivity index (χ4n) is 3.12. The van der Waals surface area contributed by atoms with E-state index in [1.54, 1.807) is 25.1 Å². The van der Waals surface area contributed by atoms with E-state index in [9.17, 15) is 13.6 Å². The molecule has 1 rings (SSSR count). The molecular formula is C32H46F2N2O4. The van der Waals surface area contributed by atoms with Gasteiger partial charge in [0, 0.05) is 36.5 Å². The van der Waals surface area contributed by atoms with Gasteiger partial charge < -0.3 is 24.9 Å². The van der Waals surface area contributed by atoms with Crippen molar-refractivity contribution in [3.63, 3.8) is 0 Å². The molecule has 0 amide bonds. The average molecular weight is 561 g/mol. The van der Waals surface area contributed by atoms with Crippen LogP contribution in [0.3, 0.4) is 0 Å². The number of rotatable bonds is 14. The normalized spacial score (nSPS) is 11.3. The van der Waals surface area contributed by atoms with Gasteiger partial charge in [0.05, 0.1) is 18.5 Å². The van der Waals surface area contributed by atoms with Crippen LogP contribution in [0.15, 0.2) is 84.2 Å². The van der Waals surface area contributed by atoms with Crippen molar-refractivity contribution < 1.29 is 28.2 Å². The Morgan fingerprint density at radius 3 is 2.15 bits per heavy atom. The molecule has 2 N–H and O–H groups in total. The van der Waals surface area contributed by atoms with Crippen molar-refractivity contribution in [1.29, 1.82) is 0 Å². The number of carboxylic acids is 1. The molecule has 1 aromatic rings. The highest BCUT2D eigenvalue weighted by molar-refractivity contribution is 5.88. The number of benzene rings is 1. The van der Waals surface area contributed by atoms with Crippen LogP contribution in [0.1, 0.15) is 57.8 Å². The number of hydrogen-bond donors (Lipinski definition) is 2. The molecule has 0 radical (unpaired) electrons. The van der Waals surface area contributed by atoms with Crippen LogP contribution in [-0.4, -0.2) is 50.7 Å². The number of aldehydes is 1. The van der Waals surface area contributed by atoms with Crippen molar-refractivity contribution in [3.05, 3.63) is 89.8 Å². The zero-order chi connectivity index (χ0) is 31.3. The molecule has 8 heteroatoms. The molecule has 0 bridgehead atoms. The summed E-state index contributed by atoms with van der Waals surface area (Å²) in [6, 6.07) is 6.92. The summed E-state index contributed by atoms with van der Waals surface area (Å²) in [4.78, 5) is 21.5. The number of aromatic carboxylic acids is 1. The van der Waals surface area contributed by atoms with Gasteiger partial charge in [-0.3, -0.25) is 0 Å². The molecule has 1 aromatic carbocycles. The number of carboxylic acid groups (broad SMARTS) is 1. The van der Waals surface area contributed by atoms with Crippen molar-refractivity contribution in [1.82, 2.24) is 5.32 Å². The highest BCUT2D eigenvalue weighted by Gasteiger charge is 2.13. The molecule has 0 spiro atoms. The second-order valence-corrected chi connectivity index (χ2v) is 7.61. The highest BCUT2D eigenvalue weighted by atomic mass is 19.1. The smallest absolute Gasteiger partial charge is 0.335 e. The fourth-order valence-corrected chi connectivity index (χ4v) is 3.12. The van der Waals surface area contributed by atoms with Crippen molar-refractivity contribution >= 4 is 17.9 Å². The van der Waals surface area contributed by atoms with Crippen LogP contribution in [0.2, 0.25) is 0 Å². The van der Waals surface area contributed by atoms with Crippen LogP contribution in [0.4, 0.5) is 14.5 Å². The molecule has 0 aromatic heterocycles. The molecule has 0 unspecified atom stereocenters. The first kappa shape index (κ1) is 40.5. The number of terminal acetylenes is 1. The number of hydrogen-bond acceptors (Lipinski definition) is 5. The second kappa shape index (κ2) is 28.1. The molecule has 0 saturated carbocycles. The number of halogens is 2. The molecule has 0 atom stereocenters. The van der Waals surface area contributed by atoms with Gasteiger partial charge in [0.1, 0.15) is 17.9 Å². The number of ether oxygens (including phenoxy) is 1. The number of anilines is 1. The Balaban J connectivity index is -0.000000618. The molecule has 0 fully saturated rings. The molecular weight excluding hydrogens is 514 g/mol. The molecule has 0 aliphatic carbocycles. The van der Waals surface area contributed by atoms with E-state index in [-0.39, 0.29) is 11.9 Å². The lowest BCUT2D eigenvalue weighted by atomic mass is 10.0. The first-order valence-electron chi connectivity index (χ1n) is 13.0. The van der Waals surface area contributed by atoms with Gasteiger partial charge in [-0.2, -0.15) is 0 Å². The third-order valence-electron chi connectivity index (χ3n) is 4.83. The summed E-state index contributed by atoms with van der Waals surface area (Å²) in [7, 11) is 2.00. The highest BCUT2D eigenvalue weighted by Crippen LogP contribution is 2.26. The number of carbonyl (C=O) groups is 2. The van der Waals surface area contributed by atoms with Crippen molar-refractivity contribution in [3.8, 4) is 12.8 Å². The van der Waals surface area contributed by atoms with Gasteiger partial charge in [0.2, 0.25) is 0 Å². The van der Waals surface area contributed by atoms with E-state index in [0.717, 1.165) is 50.5 Å². The topological polar surface area (TPSA) is 78.9 Å². The Morgan fingerprint density at radius 1 is 1.18 bits per heavy atom. The van der Waals surface area contributed by atoms with Gasteiger partial charge in [-0.25, -0.2) is 13.6 Å². The zero-order valence-corrected chi connectivity index (χ0v) is 24.8. The number of allylic oxidation sites excluding steroid dienone is 5. The SMILES string of the molecule is C#C.C=CC(/C(=C/C)C(=C\CCNCC)/OCC)=C(F)\C=C\F.CC=O.CCCN(C)c1ccc(C(=O)O)cc1. The average Bonchev–Trinajstić information content (AvgIpc) is 2.95. The Bertz CT molecular complexity index is 978. The third-order valence-corrected chi connectivity index (χ3v) is 4.83. The number of nitrogens with one attached hydrogen (secondary N) is 1. The largest absolute Gasteiger partial charge is 0.494 e. The maximum Gasteiger partial charge on any atom is 0.335 e. The van der Waals surface area contributed by atoms with E-state index >= 15 is 0 Å². The van der Waals surface area contributed by atoms with Crippen molar-refractivity contribution in [2.75, 3.05) is 38.2 Å². The first-order chi connectivity index (χ1) is 19.2. The van der Waals surface area contributed by atoms with E-state index in [0.29, 0.717) is 23.5 Å². The quantitative estimate of drug-likeness (QED) is 0.0810. The Labute approximate surface area is 239 Å². The van der Waals surface area contributed by atoms with E-state index in [1.807, 2.05) is 39.1 Å². The Hall–Kier alpha value is -3.96. The molecule has 222 valence electrons. The summed E-state index contributed by atoms with van der Waals surface area (Å²) >= 11 is 0. The lowest BCUT2D eigenvalue weighted by Gasteiger charge is -2.18. The Morgan fingerprint density at radius 2 is 1.75 bits per heavy atom. The predicted octanol–water partition coefficient (Wildman–Crippen LogP) is 7.43. The molecule has 0 heterocycles. The minimum absolute atomic E-state index is 0.168. The van der Waals surface area contributed by atoms with Gasteiger partial charge in [-0.1, -0.05) is 32.6 Å². The second-order valence-electron chi connectivity index (χ2n) is 7.61. The number of nitrogens with zero attached hydrogens (tertiary/aromatic N) is 1. The monoisotopic (exact) mass is 560 g/mol. The predicted molar refractivity (Wildman–Crippen MR) is 164 cm³/mol. The molecule has 0 aliphatic heterocycles. The van der Waals surface area contributed by atoms with Gasteiger partial charge in [-0.05, 0) is 77.0 Å². The lowest BCUT2D eigenvalue weighted by molar-refractivity contribution is -0.106. The maximum absolute atomic E-state index is 13.9. The van der Waals surface area contributed by atoms with Crippen LogP contribution in [0.25, 0.3) is 0 Å². The summed E-state index contributed by atoms with van der Waals surface area (Å²) in [5.74, 6) is -0.984. The fraction of sp³-hybridized carbons (Fsp3) is 0.375. The van der Waals surface area contributed by atoms with E-state index in [4.69, 9.17) is 14.6 Å². The van der Waals surface area contributed by atoms with Gasteiger partial charge in [-0.15, -0.1) is 12.8 Å².